The van der Waals surface area contributed by atoms with E-state index in [1.807, 2.05) is 6.92 Å². The number of aryl methyl sites for hydroxylation is 1. The zero-order valence-corrected chi connectivity index (χ0v) is 12.3. The monoisotopic (exact) mass is 268 g/mol. The molecule has 0 radical (unpaired) electrons. The number of rotatable bonds is 9. The van der Waals surface area contributed by atoms with Crippen molar-refractivity contribution in [2.45, 2.75) is 63.9 Å². The van der Waals surface area contributed by atoms with Gasteiger partial charge < -0.3 is 4.98 Å². The maximum Gasteiger partial charge on any atom is 0.251 e. The molecular weight excluding hydrogens is 244 g/mol. The standard InChI is InChI=1S/C14H24N2OS/c1-3-4-5-6-7-8-9-10-18-14-15-12(2)11-13(17)16-14/h11H,3-10H2,1-2H3,(H,15,16,17). The van der Waals surface area contributed by atoms with Gasteiger partial charge in [-0.2, -0.15) is 0 Å². The lowest BCUT2D eigenvalue weighted by Crippen LogP contribution is -2.08. The Balaban J connectivity index is 2.09. The van der Waals surface area contributed by atoms with Gasteiger partial charge >= 0.3 is 0 Å². The minimum absolute atomic E-state index is 0.0513. The molecule has 0 unspecified atom stereocenters. The average molecular weight is 268 g/mol. The van der Waals surface area contributed by atoms with E-state index in [4.69, 9.17) is 0 Å². The molecule has 0 atom stereocenters. The summed E-state index contributed by atoms with van der Waals surface area (Å²) < 4.78 is 0. The van der Waals surface area contributed by atoms with E-state index < -0.39 is 0 Å². The zero-order valence-electron chi connectivity index (χ0n) is 11.5. The summed E-state index contributed by atoms with van der Waals surface area (Å²) in [4.78, 5) is 18.3. The Morgan fingerprint density at radius 3 is 2.50 bits per heavy atom. The molecule has 1 rings (SSSR count). The Labute approximate surface area is 114 Å². The van der Waals surface area contributed by atoms with Crippen LogP contribution in [0.5, 0.6) is 0 Å². The molecule has 0 aromatic carbocycles. The largest absolute Gasteiger partial charge is 0.301 e. The molecule has 1 aromatic heterocycles. The lowest BCUT2D eigenvalue weighted by Gasteiger charge is -2.02. The first-order chi connectivity index (χ1) is 8.72. The van der Waals surface area contributed by atoms with Crippen molar-refractivity contribution in [3.8, 4) is 0 Å². The molecule has 0 saturated carbocycles. The van der Waals surface area contributed by atoms with Crippen LogP contribution in [-0.2, 0) is 0 Å². The number of aromatic amines is 1. The fourth-order valence-corrected chi connectivity index (χ4v) is 2.77. The van der Waals surface area contributed by atoms with Gasteiger partial charge in [-0.1, -0.05) is 57.2 Å². The third-order valence-corrected chi connectivity index (χ3v) is 3.79. The fourth-order valence-electron chi connectivity index (χ4n) is 1.85. The molecule has 0 amide bonds. The van der Waals surface area contributed by atoms with E-state index in [1.54, 1.807) is 11.8 Å². The highest BCUT2D eigenvalue weighted by Gasteiger charge is 1.99. The lowest BCUT2D eigenvalue weighted by atomic mass is 10.1. The summed E-state index contributed by atoms with van der Waals surface area (Å²) in [7, 11) is 0. The molecule has 102 valence electrons. The molecule has 0 saturated heterocycles. The van der Waals surface area contributed by atoms with Crippen molar-refractivity contribution in [2.24, 2.45) is 0 Å². The smallest absolute Gasteiger partial charge is 0.251 e. The third-order valence-electron chi connectivity index (χ3n) is 2.83. The number of unbranched alkanes of at least 4 members (excludes halogenated alkanes) is 6. The fraction of sp³-hybridized carbons (Fsp3) is 0.714. The number of thioether (sulfide) groups is 1. The summed E-state index contributed by atoms with van der Waals surface area (Å²) in [6.45, 7) is 4.10. The summed E-state index contributed by atoms with van der Waals surface area (Å²) in [5.74, 6) is 1.04. The van der Waals surface area contributed by atoms with Crippen LogP contribution in [0, 0.1) is 6.92 Å². The molecule has 0 spiro atoms. The van der Waals surface area contributed by atoms with Gasteiger partial charge in [0.15, 0.2) is 5.16 Å². The van der Waals surface area contributed by atoms with Crippen LogP contribution in [0.1, 0.15) is 57.6 Å². The van der Waals surface area contributed by atoms with Crippen molar-refractivity contribution in [3.05, 3.63) is 22.1 Å². The molecule has 0 aliphatic carbocycles. The van der Waals surface area contributed by atoms with E-state index in [9.17, 15) is 4.79 Å². The summed E-state index contributed by atoms with van der Waals surface area (Å²) >= 11 is 1.65. The average Bonchev–Trinajstić information content (AvgIpc) is 2.31. The molecule has 0 bridgehead atoms. The Hall–Kier alpha value is -0.770. The van der Waals surface area contributed by atoms with Crippen molar-refractivity contribution in [1.82, 2.24) is 9.97 Å². The van der Waals surface area contributed by atoms with Gasteiger partial charge in [-0.15, -0.1) is 0 Å². The molecule has 1 heterocycles. The molecular formula is C14H24N2OS. The summed E-state index contributed by atoms with van der Waals surface area (Å²) in [5, 5.41) is 0.756. The second-order valence-corrected chi connectivity index (χ2v) is 5.75. The molecule has 4 heteroatoms. The van der Waals surface area contributed by atoms with Gasteiger partial charge in [-0.3, -0.25) is 4.79 Å². The number of H-pyrrole nitrogens is 1. The van der Waals surface area contributed by atoms with Gasteiger partial charge in [-0.25, -0.2) is 4.98 Å². The van der Waals surface area contributed by atoms with Crippen LogP contribution in [0.25, 0.3) is 0 Å². The Bertz CT molecular complexity index is 390. The number of nitrogens with zero attached hydrogens (tertiary/aromatic N) is 1. The quantitative estimate of drug-likeness (QED) is 0.419. The highest BCUT2D eigenvalue weighted by molar-refractivity contribution is 7.99. The topological polar surface area (TPSA) is 45.8 Å². The van der Waals surface area contributed by atoms with Crippen LogP contribution in [-0.4, -0.2) is 15.7 Å². The van der Waals surface area contributed by atoms with Gasteiger partial charge in [-0.05, 0) is 13.3 Å². The highest BCUT2D eigenvalue weighted by atomic mass is 32.2. The maximum absolute atomic E-state index is 11.2. The van der Waals surface area contributed by atoms with Crippen molar-refractivity contribution in [1.29, 1.82) is 0 Å². The van der Waals surface area contributed by atoms with E-state index in [0.29, 0.717) is 0 Å². The zero-order chi connectivity index (χ0) is 13.2. The predicted octanol–water partition coefficient (Wildman–Crippen LogP) is 3.92. The Kier molecular flexibility index (Phi) is 7.81. The number of nitrogens with one attached hydrogen (secondary N) is 1. The minimum atomic E-state index is -0.0513. The van der Waals surface area contributed by atoms with Crippen molar-refractivity contribution < 1.29 is 0 Å². The first kappa shape index (κ1) is 15.3. The van der Waals surface area contributed by atoms with Crippen LogP contribution in [0.3, 0.4) is 0 Å². The molecule has 0 fully saturated rings. The molecule has 1 N–H and O–H groups in total. The molecule has 18 heavy (non-hydrogen) atoms. The van der Waals surface area contributed by atoms with Crippen LogP contribution >= 0.6 is 11.8 Å². The van der Waals surface area contributed by atoms with E-state index >= 15 is 0 Å². The minimum Gasteiger partial charge on any atom is -0.301 e. The van der Waals surface area contributed by atoms with Crippen LogP contribution in [0.15, 0.2) is 16.0 Å². The predicted molar refractivity (Wildman–Crippen MR) is 78.3 cm³/mol. The number of hydrogen-bond acceptors (Lipinski definition) is 3. The van der Waals surface area contributed by atoms with Gasteiger partial charge in [0.2, 0.25) is 0 Å². The Morgan fingerprint density at radius 1 is 1.17 bits per heavy atom. The van der Waals surface area contributed by atoms with E-state index in [0.717, 1.165) is 16.6 Å². The van der Waals surface area contributed by atoms with E-state index in [-0.39, 0.29) is 5.56 Å². The SMILES string of the molecule is CCCCCCCCCSc1nc(C)cc(=O)[nH]1. The number of hydrogen-bond donors (Lipinski definition) is 1. The molecule has 3 nitrogen and oxygen atoms in total. The summed E-state index contributed by atoms with van der Waals surface area (Å²) in [5.41, 5.74) is 0.741. The first-order valence-electron chi connectivity index (χ1n) is 6.93. The van der Waals surface area contributed by atoms with E-state index in [1.165, 1.54) is 51.0 Å². The van der Waals surface area contributed by atoms with Crippen molar-refractivity contribution >= 4 is 11.8 Å². The van der Waals surface area contributed by atoms with E-state index in [2.05, 4.69) is 16.9 Å². The second-order valence-electron chi connectivity index (χ2n) is 4.66. The molecule has 0 aliphatic heterocycles. The summed E-state index contributed by atoms with van der Waals surface area (Å²) in [6.07, 6.45) is 9.22. The first-order valence-corrected chi connectivity index (χ1v) is 7.91. The third kappa shape index (κ3) is 6.84. The number of aromatic nitrogens is 2. The molecule has 0 aliphatic rings. The van der Waals surface area contributed by atoms with Crippen molar-refractivity contribution in [3.63, 3.8) is 0 Å². The van der Waals surface area contributed by atoms with Crippen molar-refractivity contribution in [2.75, 3.05) is 5.75 Å². The summed E-state index contributed by atoms with van der Waals surface area (Å²) in [6, 6.07) is 1.53. The molecule has 1 aromatic rings. The highest BCUT2D eigenvalue weighted by Crippen LogP contribution is 2.15. The lowest BCUT2D eigenvalue weighted by molar-refractivity contribution is 0.603. The van der Waals surface area contributed by atoms with Gasteiger partial charge in [0, 0.05) is 17.5 Å². The van der Waals surface area contributed by atoms with Crippen LogP contribution in [0.2, 0.25) is 0 Å². The van der Waals surface area contributed by atoms with Gasteiger partial charge in [0.1, 0.15) is 0 Å². The van der Waals surface area contributed by atoms with Crippen LogP contribution < -0.4 is 5.56 Å². The van der Waals surface area contributed by atoms with Crippen LogP contribution in [0.4, 0.5) is 0 Å². The van der Waals surface area contributed by atoms with Gasteiger partial charge in [0.05, 0.1) is 0 Å². The second kappa shape index (κ2) is 9.20. The normalized spacial score (nSPS) is 10.8. The maximum atomic E-state index is 11.2. The van der Waals surface area contributed by atoms with Gasteiger partial charge in [0.25, 0.3) is 5.56 Å². The Morgan fingerprint density at radius 2 is 1.83 bits per heavy atom.